The van der Waals surface area contributed by atoms with Crippen LogP contribution in [0.1, 0.15) is 5.56 Å². The Hall–Kier alpha value is -2.49. The van der Waals surface area contributed by atoms with E-state index in [1.807, 2.05) is 67.4 Å². The quantitative estimate of drug-likeness (QED) is 0.917. The van der Waals surface area contributed by atoms with E-state index in [9.17, 15) is 4.79 Å². The molecule has 110 valence electrons. The molecule has 21 heavy (non-hydrogen) atoms. The molecule has 0 aliphatic carbocycles. The second kappa shape index (κ2) is 6.79. The molecule has 2 aromatic carbocycles. The first kappa shape index (κ1) is 14.9. The van der Waals surface area contributed by atoms with Gasteiger partial charge in [-0.1, -0.05) is 24.3 Å². The maximum absolute atomic E-state index is 12.2. The fourth-order valence-electron chi connectivity index (χ4n) is 2.10. The number of hydrogen-bond acceptors (Lipinski definition) is 3. The number of nitrogens with zero attached hydrogens (tertiary/aromatic N) is 1. The zero-order valence-electron chi connectivity index (χ0n) is 12.6. The van der Waals surface area contributed by atoms with Crippen molar-refractivity contribution < 1.29 is 9.53 Å². The highest BCUT2D eigenvalue weighted by Gasteiger charge is 2.10. The number of nitrogens with one attached hydrogen (secondary N) is 1. The Morgan fingerprint density at radius 3 is 2.57 bits per heavy atom. The van der Waals surface area contributed by atoms with Crippen LogP contribution in [0.25, 0.3) is 0 Å². The highest BCUT2D eigenvalue weighted by atomic mass is 16.5. The van der Waals surface area contributed by atoms with Gasteiger partial charge in [-0.25, -0.2) is 0 Å². The predicted octanol–water partition coefficient (Wildman–Crippen LogP) is 3.08. The molecule has 4 nitrogen and oxygen atoms in total. The van der Waals surface area contributed by atoms with Gasteiger partial charge >= 0.3 is 0 Å². The van der Waals surface area contributed by atoms with Gasteiger partial charge in [0.05, 0.1) is 19.3 Å². The molecule has 0 saturated heterocycles. The summed E-state index contributed by atoms with van der Waals surface area (Å²) in [6.45, 7) is 2.26. The first-order chi connectivity index (χ1) is 10.1. The largest absolute Gasteiger partial charge is 0.495 e. The molecule has 0 radical (unpaired) electrons. The van der Waals surface area contributed by atoms with Crippen LogP contribution >= 0.6 is 0 Å². The van der Waals surface area contributed by atoms with Crippen LogP contribution in [0.2, 0.25) is 0 Å². The van der Waals surface area contributed by atoms with E-state index in [-0.39, 0.29) is 12.5 Å². The minimum absolute atomic E-state index is 0.0785. The molecule has 1 amide bonds. The molecule has 2 rings (SSSR count). The summed E-state index contributed by atoms with van der Waals surface area (Å²) >= 11 is 0. The van der Waals surface area contributed by atoms with E-state index in [2.05, 4.69) is 5.32 Å². The predicted molar refractivity (Wildman–Crippen MR) is 86.1 cm³/mol. The molecule has 1 N–H and O–H groups in total. The number of carbonyl (C=O) groups excluding carboxylic acids is 1. The standard InChI is InChI=1S/C17H20N2O2/c1-13-9-10-16(21-3)15(11-13)18-17(20)12-19(2)14-7-5-4-6-8-14/h4-11H,12H2,1-3H3,(H,18,20). The number of ether oxygens (including phenoxy) is 1. The number of amides is 1. The number of benzene rings is 2. The number of hydrogen-bond donors (Lipinski definition) is 1. The van der Waals surface area contributed by atoms with Gasteiger partial charge < -0.3 is 15.0 Å². The number of anilines is 2. The number of rotatable bonds is 5. The number of aryl methyl sites for hydroxylation is 1. The van der Waals surface area contributed by atoms with Gasteiger partial charge in [0.25, 0.3) is 0 Å². The lowest BCUT2D eigenvalue weighted by Gasteiger charge is -2.19. The normalized spacial score (nSPS) is 10.0. The molecule has 4 heteroatoms. The fourth-order valence-corrected chi connectivity index (χ4v) is 2.10. The molecule has 0 fully saturated rings. The lowest BCUT2D eigenvalue weighted by atomic mass is 10.2. The molecule has 0 heterocycles. The molecule has 0 aliphatic heterocycles. The zero-order chi connectivity index (χ0) is 15.2. The molecule has 0 aliphatic rings. The second-order valence-corrected chi connectivity index (χ2v) is 4.94. The monoisotopic (exact) mass is 284 g/mol. The third-order valence-corrected chi connectivity index (χ3v) is 3.21. The van der Waals surface area contributed by atoms with Gasteiger partial charge in [0.2, 0.25) is 5.91 Å². The summed E-state index contributed by atoms with van der Waals surface area (Å²) in [5, 5.41) is 2.90. The highest BCUT2D eigenvalue weighted by molar-refractivity contribution is 5.95. The van der Waals surface area contributed by atoms with Crippen LogP contribution < -0.4 is 15.0 Å². The Morgan fingerprint density at radius 2 is 1.90 bits per heavy atom. The van der Waals surface area contributed by atoms with Crippen LogP contribution in [0.5, 0.6) is 5.75 Å². The third kappa shape index (κ3) is 3.99. The second-order valence-electron chi connectivity index (χ2n) is 4.94. The zero-order valence-corrected chi connectivity index (χ0v) is 12.6. The molecule has 0 atom stereocenters. The summed E-state index contributed by atoms with van der Waals surface area (Å²) in [4.78, 5) is 14.1. The summed E-state index contributed by atoms with van der Waals surface area (Å²) in [7, 11) is 3.48. The topological polar surface area (TPSA) is 41.6 Å². The van der Waals surface area contributed by atoms with E-state index in [0.29, 0.717) is 11.4 Å². The number of para-hydroxylation sites is 1. The van der Waals surface area contributed by atoms with E-state index in [0.717, 1.165) is 11.3 Å². The lowest BCUT2D eigenvalue weighted by molar-refractivity contribution is -0.114. The molecular formula is C17H20N2O2. The van der Waals surface area contributed by atoms with E-state index in [1.165, 1.54) is 0 Å². The number of carbonyl (C=O) groups is 1. The van der Waals surface area contributed by atoms with Gasteiger partial charge in [0, 0.05) is 12.7 Å². The average Bonchev–Trinajstić information content (AvgIpc) is 2.48. The van der Waals surface area contributed by atoms with E-state index in [4.69, 9.17) is 4.74 Å². The summed E-state index contributed by atoms with van der Waals surface area (Å²) in [5.41, 5.74) is 2.77. The molecular weight excluding hydrogens is 264 g/mol. The van der Waals surface area contributed by atoms with Crippen molar-refractivity contribution in [3.63, 3.8) is 0 Å². The molecule has 2 aromatic rings. The Kier molecular flexibility index (Phi) is 4.82. The Morgan fingerprint density at radius 1 is 1.19 bits per heavy atom. The van der Waals surface area contributed by atoms with Crippen molar-refractivity contribution in [3.05, 3.63) is 54.1 Å². The minimum Gasteiger partial charge on any atom is -0.495 e. The fraction of sp³-hybridized carbons (Fsp3) is 0.235. The number of methoxy groups -OCH3 is 1. The van der Waals surface area contributed by atoms with E-state index < -0.39 is 0 Å². The maximum atomic E-state index is 12.2. The first-order valence-electron chi connectivity index (χ1n) is 6.81. The van der Waals surface area contributed by atoms with Crippen molar-refractivity contribution >= 4 is 17.3 Å². The Labute approximate surface area is 125 Å². The van der Waals surface area contributed by atoms with Crippen LogP contribution in [0, 0.1) is 6.92 Å². The smallest absolute Gasteiger partial charge is 0.243 e. The third-order valence-electron chi connectivity index (χ3n) is 3.21. The minimum atomic E-state index is -0.0785. The summed E-state index contributed by atoms with van der Waals surface area (Å²) in [5.74, 6) is 0.585. The number of likely N-dealkylation sites (N-methyl/N-ethyl adjacent to an activating group) is 1. The molecule has 0 aromatic heterocycles. The van der Waals surface area contributed by atoms with E-state index in [1.54, 1.807) is 7.11 Å². The average molecular weight is 284 g/mol. The van der Waals surface area contributed by atoms with Gasteiger partial charge in [-0.3, -0.25) is 4.79 Å². The molecule has 0 unspecified atom stereocenters. The molecule has 0 bridgehead atoms. The summed E-state index contributed by atoms with van der Waals surface area (Å²) in [6.07, 6.45) is 0. The van der Waals surface area contributed by atoms with Crippen LogP contribution in [0.15, 0.2) is 48.5 Å². The van der Waals surface area contributed by atoms with Crippen molar-refractivity contribution in [2.45, 2.75) is 6.92 Å². The van der Waals surface area contributed by atoms with E-state index >= 15 is 0 Å². The highest BCUT2D eigenvalue weighted by Crippen LogP contribution is 2.25. The van der Waals surface area contributed by atoms with Crippen LogP contribution in [0.3, 0.4) is 0 Å². The van der Waals surface area contributed by atoms with Crippen LogP contribution in [0.4, 0.5) is 11.4 Å². The Balaban J connectivity index is 2.04. The Bertz CT molecular complexity index is 611. The van der Waals surface area contributed by atoms with Gasteiger partial charge in [0.15, 0.2) is 0 Å². The van der Waals surface area contributed by atoms with Crippen LogP contribution in [-0.4, -0.2) is 26.6 Å². The SMILES string of the molecule is COc1ccc(C)cc1NC(=O)CN(C)c1ccccc1. The van der Waals surface area contributed by atoms with Gasteiger partial charge in [-0.15, -0.1) is 0 Å². The molecule has 0 spiro atoms. The summed E-state index contributed by atoms with van der Waals surface area (Å²) in [6, 6.07) is 15.5. The van der Waals surface area contributed by atoms with Gasteiger partial charge in [-0.05, 0) is 36.8 Å². The first-order valence-corrected chi connectivity index (χ1v) is 6.81. The van der Waals surface area contributed by atoms with Crippen molar-refractivity contribution in [2.24, 2.45) is 0 Å². The van der Waals surface area contributed by atoms with Crippen molar-refractivity contribution in [1.82, 2.24) is 0 Å². The maximum Gasteiger partial charge on any atom is 0.243 e. The lowest BCUT2D eigenvalue weighted by Crippen LogP contribution is -2.30. The van der Waals surface area contributed by atoms with Gasteiger partial charge in [0.1, 0.15) is 5.75 Å². The molecule has 0 saturated carbocycles. The van der Waals surface area contributed by atoms with Crippen molar-refractivity contribution in [1.29, 1.82) is 0 Å². The van der Waals surface area contributed by atoms with Gasteiger partial charge in [-0.2, -0.15) is 0 Å². The van der Waals surface area contributed by atoms with Crippen molar-refractivity contribution in [2.75, 3.05) is 30.9 Å². The van der Waals surface area contributed by atoms with Crippen LogP contribution in [-0.2, 0) is 4.79 Å². The summed E-state index contributed by atoms with van der Waals surface area (Å²) < 4.78 is 5.26. The van der Waals surface area contributed by atoms with Crippen molar-refractivity contribution in [3.8, 4) is 5.75 Å².